The molecule has 19 heavy (non-hydrogen) atoms. The van der Waals surface area contributed by atoms with E-state index in [1.165, 1.54) is 0 Å². The Hall–Kier alpha value is -2.35. The number of hydrogen-bond donors (Lipinski definition) is 2. The number of nitrogens with two attached hydrogens (primary N) is 2. The first-order chi connectivity index (χ1) is 8.90. The number of halogens is 2. The third-order valence-corrected chi connectivity index (χ3v) is 2.63. The molecule has 1 aromatic carbocycles. The number of amides is 1. The molecule has 0 radical (unpaired) electrons. The molecule has 8 heteroatoms. The van der Waals surface area contributed by atoms with Gasteiger partial charge in [0.05, 0.1) is 11.8 Å². The van der Waals surface area contributed by atoms with Gasteiger partial charge in [0.15, 0.2) is 11.6 Å². The predicted octanol–water partition coefficient (Wildman–Crippen LogP) is 0.884. The van der Waals surface area contributed by atoms with E-state index < -0.39 is 23.2 Å². The third-order valence-electron chi connectivity index (χ3n) is 2.40. The lowest BCUT2D eigenvalue weighted by Gasteiger charge is -2.07. The van der Waals surface area contributed by atoms with Gasteiger partial charge in [0, 0.05) is 11.8 Å². The Morgan fingerprint density at radius 2 is 1.79 bits per heavy atom. The molecule has 1 amide bonds. The van der Waals surface area contributed by atoms with Gasteiger partial charge in [-0.1, -0.05) is 12.2 Å². The highest BCUT2D eigenvalue weighted by Gasteiger charge is 2.16. The van der Waals surface area contributed by atoms with Gasteiger partial charge in [-0.15, -0.1) is 0 Å². The van der Waals surface area contributed by atoms with Crippen molar-refractivity contribution < 1.29 is 13.6 Å². The summed E-state index contributed by atoms with van der Waals surface area (Å²) in [5, 5.41) is 3.68. The summed E-state index contributed by atoms with van der Waals surface area (Å²) >= 11 is 4.64. The zero-order valence-electron chi connectivity index (χ0n) is 9.43. The van der Waals surface area contributed by atoms with Crippen LogP contribution in [0.4, 0.5) is 8.78 Å². The zero-order chi connectivity index (χ0) is 14.2. The van der Waals surface area contributed by atoms with E-state index in [0.29, 0.717) is 0 Å². The van der Waals surface area contributed by atoms with E-state index in [1.54, 1.807) is 0 Å². The fraction of sp³-hybridized carbons (Fsp3) is 0. The van der Waals surface area contributed by atoms with E-state index in [-0.39, 0.29) is 16.1 Å². The van der Waals surface area contributed by atoms with Crippen LogP contribution >= 0.6 is 12.2 Å². The van der Waals surface area contributed by atoms with Gasteiger partial charge in [-0.25, -0.2) is 13.5 Å². The van der Waals surface area contributed by atoms with E-state index in [1.807, 2.05) is 0 Å². The topological polar surface area (TPSA) is 86.9 Å². The maximum Gasteiger partial charge on any atom is 0.251 e. The van der Waals surface area contributed by atoms with Gasteiger partial charge in [0.1, 0.15) is 10.7 Å². The molecule has 0 saturated heterocycles. The second kappa shape index (κ2) is 4.73. The maximum absolute atomic E-state index is 13.8. The standard InChI is InChI=1S/C11H8F2N4OS/c12-7-1-5(11(15)19)2-8(13)9(7)17-4-6(3-16-17)10(14)18/h1-4H,(H2,14,18)(H2,15,19). The van der Waals surface area contributed by atoms with E-state index in [0.717, 1.165) is 29.2 Å². The average Bonchev–Trinajstić information content (AvgIpc) is 2.77. The SMILES string of the molecule is NC(=O)c1cnn(-c2c(F)cc(C(N)=S)cc2F)c1. The summed E-state index contributed by atoms with van der Waals surface area (Å²) in [4.78, 5) is 10.8. The number of carbonyl (C=O) groups is 1. The van der Waals surface area contributed by atoms with Crippen molar-refractivity contribution in [2.75, 3.05) is 0 Å². The minimum atomic E-state index is -0.901. The summed E-state index contributed by atoms with van der Waals surface area (Å²) in [6.45, 7) is 0. The number of thiocarbonyl (C=S) groups is 1. The van der Waals surface area contributed by atoms with Crippen LogP contribution in [0.3, 0.4) is 0 Å². The molecule has 98 valence electrons. The molecule has 0 aliphatic heterocycles. The van der Waals surface area contributed by atoms with Crippen molar-refractivity contribution >= 4 is 23.1 Å². The quantitative estimate of drug-likeness (QED) is 0.818. The van der Waals surface area contributed by atoms with E-state index in [4.69, 9.17) is 11.5 Å². The van der Waals surface area contributed by atoms with Gasteiger partial charge in [0.2, 0.25) is 0 Å². The van der Waals surface area contributed by atoms with Gasteiger partial charge < -0.3 is 11.5 Å². The number of carbonyl (C=O) groups excluding carboxylic acids is 1. The summed E-state index contributed by atoms with van der Waals surface area (Å²) in [7, 11) is 0. The minimum Gasteiger partial charge on any atom is -0.389 e. The molecule has 0 fully saturated rings. The van der Waals surface area contributed by atoms with Crippen molar-refractivity contribution in [2.24, 2.45) is 11.5 Å². The second-order valence-corrected chi connectivity index (χ2v) is 4.13. The number of nitrogens with zero attached hydrogens (tertiary/aromatic N) is 2. The predicted molar refractivity (Wildman–Crippen MR) is 67.9 cm³/mol. The van der Waals surface area contributed by atoms with Gasteiger partial charge in [0.25, 0.3) is 5.91 Å². The summed E-state index contributed by atoms with van der Waals surface area (Å²) in [6.07, 6.45) is 2.24. The molecule has 1 heterocycles. The van der Waals surface area contributed by atoms with Crippen molar-refractivity contribution in [1.82, 2.24) is 9.78 Å². The number of primary amides is 1. The van der Waals surface area contributed by atoms with Gasteiger partial charge in [-0.05, 0) is 12.1 Å². The largest absolute Gasteiger partial charge is 0.389 e. The van der Waals surface area contributed by atoms with Gasteiger partial charge in [-0.3, -0.25) is 4.79 Å². The molecule has 0 bridgehead atoms. The Morgan fingerprint density at radius 1 is 1.21 bits per heavy atom. The van der Waals surface area contributed by atoms with Gasteiger partial charge >= 0.3 is 0 Å². The van der Waals surface area contributed by atoms with Crippen LogP contribution < -0.4 is 11.5 Å². The lowest BCUT2D eigenvalue weighted by Crippen LogP contribution is -2.12. The molecule has 0 aliphatic carbocycles. The molecule has 0 saturated carbocycles. The monoisotopic (exact) mass is 282 g/mol. The van der Waals surface area contributed by atoms with Crippen LogP contribution in [-0.4, -0.2) is 20.7 Å². The van der Waals surface area contributed by atoms with Crippen LogP contribution in [0.1, 0.15) is 15.9 Å². The Labute approximate surface area is 111 Å². The van der Waals surface area contributed by atoms with E-state index in [2.05, 4.69) is 17.3 Å². The molecule has 0 aliphatic rings. The highest BCUT2D eigenvalue weighted by molar-refractivity contribution is 7.80. The Bertz CT molecular complexity index is 660. The summed E-state index contributed by atoms with van der Waals surface area (Å²) in [6, 6.07) is 1.98. The lowest BCUT2D eigenvalue weighted by molar-refractivity contribution is 0.100. The third kappa shape index (κ3) is 2.43. The van der Waals surface area contributed by atoms with Crippen LogP contribution in [0, 0.1) is 11.6 Å². The number of benzene rings is 1. The highest BCUT2D eigenvalue weighted by atomic mass is 32.1. The number of aromatic nitrogens is 2. The number of rotatable bonds is 3. The lowest BCUT2D eigenvalue weighted by atomic mass is 10.2. The molecule has 0 atom stereocenters. The molecule has 0 unspecified atom stereocenters. The van der Waals surface area contributed by atoms with Crippen LogP contribution in [0.2, 0.25) is 0 Å². The Balaban J connectivity index is 2.55. The van der Waals surface area contributed by atoms with Crippen LogP contribution in [0.25, 0.3) is 5.69 Å². The molecule has 5 nitrogen and oxygen atoms in total. The van der Waals surface area contributed by atoms with Crippen molar-refractivity contribution in [3.05, 3.63) is 47.3 Å². The van der Waals surface area contributed by atoms with Crippen molar-refractivity contribution in [3.63, 3.8) is 0 Å². The minimum absolute atomic E-state index is 0.0391. The molecule has 4 N–H and O–H groups in total. The van der Waals surface area contributed by atoms with Crippen LogP contribution in [0.5, 0.6) is 0 Å². The zero-order valence-corrected chi connectivity index (χ0v) is 10.2. The first-order valence-electron chi connectivity index (χ1n) is 5.04. The highest BCUT2D eigenvalue weighted by Crippen LogP contribution is 2.19. The van der Waals surface area contributed by atoms with Gasteiger partial charge in [-0.2, -0.15) is 5.10 Å². The van der Waals surface area contributed by atoms with Crippen molar-refractivity contribution in [2.45, 2.75) is 0 Å². The fourth-order valence-electron chi connectivity index (χ4n) is 1.50. The second-order valence-electron chi connectivity index (χ2n) is 3.69. The Kier molecular flexibility index (Phi) is 3.26. The average molecular weight is 282 g/mol. The molecule has 0 spiro atoms. The van der Waals surface area contributed by atoms with Crippen LogP contribution in [0.15, 0.2) is 24.5 Å². The fourth-order valence-corrected chi connectivity index (χ4v) is 1.62. The number of hydrogen-bond acceptors (Lipinski definition) is 3. The van der Waals surface area contributed by atoms with E-state index >= 15 is 0 Å². The first-order valence-corrected chi connectivity index (χ1v) is 5.44. The molecule has 1 aromatic heterocycles. The summed E-state index contributed by atoms with van der Waals surface area (Å²) in [5.74, 6) is -2.55. The summed E-state index contributed by atoms with van der Waals surface area (Å²) < 4.78 is 28.6. The van der Waals surface area contributed by atoms with E-state index in [9.17, 15) is 13.6 Å². The maximum atomic E-state index is 13.8. The Morgan fingerprint density at radius 3 is 2.21 bits per heavy atom. The van der Waals surface area contributed by atoms with Crippen molar-refractivity contribution in [1.29, 1.82) is 0 Å². The molecular formula is C11H8F2N4OS. The molecular weight excluding hydrogens is 274 g/mol. The molecule has 2 aromatic rings. The normalized spacial score (nSPS) is 10.4. The smallest absolute Gasteiger partial charge is 0.251 e. The van der Waals surface area contributed by atoms with Crippen LogP contribution in [-0.2, 0) is 0 Å². The summed E-state index contributed by atoms with van der Waals surface area (Å²) in [5.41, 5.74) is 10.00. The van der Waals surface area contributed by atoms with Crippen molar-refractivity contribution in [3.8, 4) is 5.69 Å². The molecule has 2 rings (SSSR count). The first kappa shape index (κ1) is 13.1.